The van der Waals surface area contributed by atoms with E-state index in [1.807, 2.05) is 4.90 Å². The number of nitrogens with zero attached hydrogens (tertiary/aromatic N) is 2. The van der Waals surface area contributed by atoms with E-state index >= 15 is 0 Å². The van der Waals surface area contributed by atoms with Crippen LogP contribution in [0.1, 0.15) is 15.9 Å². The molecule has 34 heavy (non-hydrogen) atoms. The van der Waals surface area contributed by atoms with Crippen molar-refractivity contribution in [2.75, 3.05) is 35.8 Å². The van der Waals surface area contributed by atoms with Gasteiger partial charge in [0.05, 0.1) is 10.5 Å². The Morgan fingerprint density at radius 3 is 2.18 bits per heavy atom. The number of rotatable bonds is 5. The maximum Gasteiger partial charge on any atom is 0.416 e. The van der Waals surface area contributed by atoms with Gasteiger partial charge in [-0.1, -0.05) is 30.3 Å². The molecule has 3 aromatic rings. The SMILES string of the molecule is O=C(c1cccc(NS(=O)(=O)c2ccccc2)c1)N1CCN(c2cccc(C(F)(F)F)c2)CC1. The highest BCUT2D eigenvalue weighted by atomic mass is 32.2. The zero-order chi connectivity index (χ0) is 24.3. The number of halogens is 3. The monoisotopic (exact) mass is 489 g/mol. The molecule has 0 unspecified atom stereocenters. The Labute approximate surface area is 195 Å². The molecule has 4 rings (SSSR count). The van der Waals surface area contributed by atoms with E-state index in [-0.39, 0.29) is 16.5 Å². The number of sulfonamides is 1. The number of carbonyl (C=O) groups excluding carboxylic acids is 1. The van der Waals surface area contributed by atoms with Crippen LogP contribution >= 0.6 is 0 Å². The molecule has 3 aromatic carbocycles. The first-order valence-electron chi connectivity index (χ1n) is 10.5. The van der Waals surface area contributed by atoms with Crippen LogP contribution in [-0.2, 0) is 16.2 Å². The average Bonchev–Trinajstić information content (AvgIpc) is 2.84. The number of hydrogen-bond donors (Lipinski definition) is 1. The Kier molecular flexibility index (Phi) is 6.52. The predicted molar refractivity (Wildman–Crippen MR) is 123 cm³/mol. The summed E-state index contributed by atoms with van der Waals surface area (Å²) in [5.41, 5.74) is 0.329. The number of piperazine rings is 1. The lowest BCUT2D eigenvalue weighted by Crippen LogP contribution is -2.48. The van der Waals surface area contributed by atoms with E-state index in [0.29, 0.717) is 37.4 Å². The van der Waals surface area contributed by atoms with E-state index in [2.05, 4.69) is 4.72 Å². The molecule has 1 aliphatic rings. The van der Waals surface area contributed by atoms with Gasteiger partial charge < -0.3 is 9.80 Å². The average molecular weight is 490 g/mol. The molecule has 0 bridgehead atoms. The van der Waals surface area contributed by atoms with E-state index in [1.165, 1.54) is 24.3 Å². The van der Waals surface area contributed by atoms with Gasteiger partial charge in [0.2, 0.25) is 0 Å². The normalized spacial score (nSPS) is 14.7. The van der Waals surface area contributed by atoms with Crippen LogP contribution in [0.3, 0.4) is 0 Å². The number of carbonyl (C=O) groups is 1. The van der Waals surface area contributed by atoms with Crippen LogP contribution in [0.5, 0.6) is 0 Å². The molecule has 178 valence electrons. The molecule has 0 radical (unpaired) electrons. The number of alkyl halides is 3. The number of benzene rings is 3. The summed E-state index contributed by atoms with van der Waals surface area (Å²) in [6, 6.07) is 19.3. The molecule has 0 saturated carbocycles. The number of hydrogen-bond acceptors (Lipinski definition) is 4. The van der Waals surface area contributed by atoms with Gasteiger partial charge in [0.1, 0.15) is 0 Å². The Morgan fingerprint density at radius 2 is 1.50 bits per heavy atom. The minimum Gasteiger partial charge on any atom is -0.368 e. The van der Waals surface area contributed by atoms with Crippen molar-refractivity contribution in [2.45, 2.75) is 11.1 Å². The Balaban J connectivity index is 1.42. The highest BCUT2D eigenvalue weighted by Gasteiger charge is 2.31. The summed E-state index contributed by atoms with van der Waals surface area (Å²) in [6.07, 6.45) is -4.42. The largest absolute Gasteiger partial charge is 0.416 e. The minimum atomic E-state index is -4.42. The fraction of sp³-hybridized carbons (Fsp3) is 0.208. The Hall–Kier alpha value is -3.53. The third-order valence-corrected chi connectivity index (χ3v) is 6.92. The van der Waals surface area contributed by atoms with Crippen molar-refractivity contribution in [3.8, 4) is 0 Å². The molecule has 1 N–H and O–H groups in total. The Bertz CT molecular complexity index is 1270. The van der Waals surface area contributed by atoms with E-state index in [9.17, 15) is 26.4 Å². The third kappa shape index (κ3) is 5.33. The maximum absolute atomic E-state index is 13.0. The molecule has 1 heterocycles. The van der Waals surface area contributed by atoms with E-state index in [4.69, 9.17) is 0 Å². The molecule has 1 saturated heterocycles. The van der Waals surface area contributed by atoms with Crippen LogP contribution in [-0.4, -0.2) is 45.4 Å². The summed E-state index contributed by atoms with van der Waals surface area (Å²) >= 11 is 0. The lowest BCUT2D eigenvalue weighted by Gasteiger charge is -2.36. The van der Waals surface area contributed by atoms with E-state index in [1.54, 1.807) is 47.4 Å². The topological polar surface area (TPSA) is 69.7 Å². The standard InChI is InChI=1S/C24H22F3N3O3S/c25-24(26,27)19-7-5-9-21(17-19)29-12-14-30(15-13-29)23(31)18-6-4-8-20(16-18)28-34(32,33)22-10-2-1-3-11-22/h1-11,16-17,28H,12-15H2. The van der Waals surface area contributed by atoms with Crippen molar-refractivity contribution in [3.63, 3.8) is 0 Å². The fourth-order valence-corrected chi connectivity index (χ4v) is 4.83. The summed E-state index contributed by atoms with van der Waals surface area (Å²) in [5.74, 6) is -0.274. The van der Waals surface area contributed by atoms with Gasteiger partial charge in [0.15, 0.2) is 0 Å². The molecule has 0 aliphatic carbocycles. The van der Waals surface area contributed by atoms with Gasteiger partial charge in [-0.15, -0.1) is 0 Å². The van der Waals surface area contributed by atoms with Crippen molar-refractivity contribution in [2.24, 2.45) is 0 Å². The second kappa shape index (κ2) is 9.38. The molecule has 10 heteroatoms. The minimum absolute atomic E-state index is 0.109. The number of nitrogens with one attached hydrogen (secondary N) is 1. The van der Waals surface area contributed by atoms with Gasteiger partial charge in [-0.25, -0.2) is 8.42 Å². The summed E-state index contributed by atoms with van der Waals surface area (Å²) in [7, 11) is -3.79. The van der Waals surface area contributed by atoms with Crippen LogP contribution < -0.4 is 9.62 Å². The molecule has 1 aliphatic heterocycles. The van der Waals surface area contributed by atoms with Gasteiger partial charge >= 0.3 is 6.18 Å². The van der Waals surface area contributed by atoms with Crippen LogP contribution in [0.2, 0.25) is 0 Å². The summed E-state index contributed by atoms with van der Waals surface area (Å²) < 4.78 is 66.6. The van der Waals surface area contributed by atoms with Crippen molar-refractivity contribution in [1.29, 1.82) is 0 Å². The smallest absolute Gasteiger partial charge is 0.368 e. The first-order chi connectivity index (χ1) is 16.1. The van der Waals surface area contributed by atoms with Gasteiger partial charge in [0.25, 0.3) is 15.9 Å². The van der Waals surface area contributed by atoms with Crippen molar-refractivity contribution < 1.29 is 26.4 Å². The fourth-order valence-electron chi connectivity index (χ4n) is 3.76. The third-order valence-electron chi connectivity index (χ3n) is 5.52. The quantitative estimate of drug-likeness (QED) is 0.574. The molecule has 6 nitrogen and oxygen atoms in total. The van der Waals surface area contributed by atoms with Gasteiger partial charge in [-0.2, -0.15) is 13.2 Å². The number of anilines is 2. The summed E-state index contributed by atoms with van der Waals surface area (Å²) in [5, 5.41) is 0. The second-order valence-corrected chi connectivity index (χ2v) is 9.51. The molecule has 1 amide bonds. The Morgan fingerprint density at radius 1 is 0.824 bits per heavy atom. The first-order valence-corrected chi connectivity index (χ1v) is 12.0. The lowest BCUT2D eigenvalue weighted by atomic mass is 10.1. The molecular formula is C24H22F3N3O3S. The zero-order valence-corrected chi connectivity index (χ0v) is 18.8. The summed E-state index contributed by atoms with van der Waals surface area (Å²) in [6.45, 7) is 1.42. The van der Waals surface area contributed by atoms with Crippen molar-refractivity contribution in [3.05, 3.63) is 90.0 Å². The molecule has 0 spiro atoms. The van der Waals surface area contributed by atoms with Crippen LogP contribution in [0.25, 0.3) is 0 Å². The van der Waals surface area contributed by atoms with Crippen LogP contribution in [0.4, 0.5) is 24.5 Å². The molecule has 0 atom stereocenters. The van der Waals surface area contributed by atoms with E-state index < -0.39 is 21.8 Å². The highest BCUT2D eigenvalue weighted by Crippen LogP contribution is 2.32. The highest BCUT2D eigenvalue weighted by molar-refractivity contribution is 7.92. The van der Waals surface area contributed by atoms with Gasteiger partial charge in [-0.05, 0) is 48.5 Å². The van der Waals surface area contributed by atoms with Gasteiger partial charge in [0, 0.05) is 43.1 Å². The molecule has 1 fully saturated rings. The lowest BCUT2D eigenvalue weighted by molar-refractivity contribution is -0.137. The molecule has 0 aromatic heterocycles. The van der Waals surface area contributed by atoms with Crippen molar-refractivity contribution >= 4 is 27.3 Å². The first kappa shape index (κ1) is 23.6. The van der Waals surface area contributed by atoms with Crippen LogP contribution in [0, 0.1) is 0 Å². The van der Waals surface area contributed by atoms with E-state index in [0.717, 1.165) is 12.1 Å². The number of amides is 1. The zero-order valence-electron chi connectivity index (χ0n) is 18.0. The maximum atomic E-state index is 13.0. The van der Waals surface area contributed by atoms with Crippen LogP contribution in [0.15, 0.2) is 83.8 Å². The second-order valence-electron chi connectivity index (χ2n) is 7.83. The van der Waals surface area contributed by atoms with Gasteiger partial charge in [-0.3, -0.25) is 9.52 Å². The van der Waals surface area contributed by atoms with Crippen molar-refractivity contribution in [1.82, 2.24) is 4.90 Å². The summed E-state index contributed by atoms with van der Waals surface area (Å²) in [4.78, 5) is 16.5. The predicted octanol–water partition coefficient (Wildman–Crippen LogP) is 4.47. The molecular weight excluding hydrogens is 467 g/mol.